The van der Waals surface area contributed by atoms with Gasteiger partial charge >= 0.3 is 6.09 Å². The summed E-state index contributed by atoms with van der Waals surface area (Å²) >= 11 is 0. The quantitative estimate of drug-likeness (QED) is 0.806. The Kier molecular flexibility index (Phi) is 3.87. The normalized spacial score (nSPS) is 10.6. The van der Waals surface area contributed by atoms with Crippen molar-refractivity contribution in [3.8, 4) is 0 Å². The van der Waals surface area contributed by atoms with Crippen molar-refractivity contribution < 1.29 is 9.53 Å². The summed E-state index contributed by atoms with van der Waals surface area (Å²) in [5.41, 5.74) is 2.85. The molecule has 0 bridgehead atoms. The molecule has 0 spiro atoms. The number of fused-ring (bicyclic) bond motifs is 1. The molecule has 18 heavy (non-hydrogen) atoms. The van der Waals surface area contributed by atoms with Crippen LogP contribution in [0.25, 0.3) is 10.9 Å². The number of anilines is 1. The highest BCUT2D eigenvalue weighted by Crippen LogP contribution is 2.24. The lowest BCUT2D eigenvalue weighted by Gasteiger charge is -2.09. The summed E-state index contributed by atoms with van der Waals surface area (Å²) in [5.74, 6) is 0. The van der Waals surface area contributed by atoms with Crippen molar-refractivity contribution in [2.75, 3.05) is 11.9 Å². The zero-order chi connectivity index (χ0) is 13.0. The molecule has 0 aliphatic heterocycles. The van der Waals surface area contributed by atoms with Crippen LogP contribution in [0.4, 0.5) is 10.5 Å². The van der Waals surface area contributed by atoms with E-state index in [-0.39, 0.29) is 0 Å². The van der Waals surface area contributed by atoms with E-state index in [1.54, 1.807) is 0 Å². The van der Waals surface area contributed by atoms with Gasteiger partial charge < -0.3 is 9.72 Å². The molecule has 2 rings (SSSR count). The van der Waals surface area contributed by atoms with E-state index in [0.29, 0.717) is 6.61 Å². The number of aromatic amines is 1. The fourth-order valence-corrected chi connectivity index (χ4v) is 1.87. The average Bonchev–Trinajstić information content (AvgIpc) is 2.82. The number of aromatic nitrogens is 1. The monoisotopic (exact) mass is 246 g/mol. The molecule has 0 aliphatic rings. The predicted octanol–water partition coefficient (Wildman–Crippen LogP) is 3.82. The minimum absolute atomic E-state index is 0.391. The third-order valence-corrected chi connectivity index (χ3v) is 2.96. The summed E-state index contributed by atoms with van der Waals surface area (Å²) in [4.78, 5) is 14.7. The summed E-state index contributed by atoms with van der Waals surface area (Å²) in [6, 6.07) is 5.87. The van der Waals surface area contributed by atoms with Crippen LogP contribution in [0.5, 0.6) is 0 Å². The van der Waals surface area contributed by atoms with Gasteiger partial charge in [0.2, 0.25) is 0 Å². The van der Waals surface area contributed by atoms with Gasteiger partial charge in [-0.15, -0.1) is 0 Å². The van der Waals surface area contributed by atoms with Crippen LogP contribution < -0.4 is 5.32 Å². The van der Waals surface area contributed by atoms with Crippen LogP contribution in [0.2, 0.25) is 0 Å². The first kappa shape index (κ1) is 12.5. The molecule has 0 saturated carbocycles. The second-order valence-corrected chi connectivity index (χ2v) is 4.29. The lowest BCUT2D eigenvalue weighted by Crippen LogP contribution is -2.15. The first-order valence-corrected chi connectivity index (χ1v) is 6.23. The maximum absolute atomic E-state index is 11.6. The SMILES string of the molecule is CCCCOC(=O)Nc1ccc2cc[nH]c2c1C. The molecule has 1 aromatic heterocycles. The van der Waals surface area contributed by atoms with E-state index in [1.165, 1.54) is 0 Å². The zero-order valence-electron chi connectivity index (χ0n) is 10.7. The van der Waals surface area contributed by atoms with E-state index in [1.807, 2.05) is 31.3 Å². The number of benzene rings is 1. The van der Waals surface area contributed by atoms with Gasteiger partial charge in [0.15, 0.2) is 0 Å². The summed E-state index contributed by atoms with van der Waals surface area (Å²) in [6.07, 6.45) is 3.40. The second kappa shape index (κ2) is 5.58. The highest BCUT2D eigenvalue weighted by Gasteiger charge is 2.08. The maximum Gasteiger partial charge on any atom is 0.411 e. The topological polar surface area (TPSA) is 54.1 Å². The molecule has 0 saturated heterocycles. The average molecular weight is 246 g/mol. The molecule has 0 aliphatic carbocycles. The number of ether oxygens (including phenoxy) is 1. The Bertz CT molecular complexity index is 546. The number of unbranched alkanes of at least 4 members (excludes halogenated alkanes) is 1. The number of nitrogens with one attached hydrogen (secondary N) is 2. The van der Waals surface area contributed by atoms with Crippen LogP contribution in [-0.2, 0) is 4.74 Å². The predicted molar refractivity (Wildman–Crippen MR) is 72.9 cm³/mol. The number of rotatable bonds is 4. The van der Waals surface area contributed by atoms with E-state index in [2.05, 4.69) is 17.2 Å². The number of hydrogen-bond donors (Lipinski definition) is 2. The highest BCUT2D eigenvalue weighted by atomic mass is 16.5. The van der Waals surface area contributed by atoms with Gasteiger partial charge in [0, 0.05) is 11.9 Å². The molecular weight excluding hydrogens is 228 g/mol. The highest BCUT2D eigenvalue weighted by molar-refractivity contribution is 5.93. The Morgan fingerprint density at radius 1 is 1.39 bits per heavy atom. The molecule has 0 atom stereocenters. The minimum Gasteiger partial charge on any atom is -0.449 e. The van der Waals surface area contributed by atoms with Gasteiger partial charge in [0.25, 0.3) is 0 Å². The van der Waals surface area contributed by atoms with Gasteiger partial charge in [-0.2, -0.15) is 0 Å². The number of hydrogen-bond acceptors (Lipinski definition) is 2. The summed E-state index contributed by atoms with van der Waals surface area (Å²) in [5, 5.41) is 3.91. The van der Waals surface area contributed by atoms with Crippen molar-refractivity contribution in [3.63, 3.8) is 0 Å². The van der Waals surface area contributed by atoms with E-state index >= 15 is 0 Å². The number of carbonyl (C=O) groups excluding carboxylic acids is 1. The Hall–Kier alpha value is -1.97. The first-order chi connectivity index (χ1) is 8.72. The summed E-state index contributed by atoms with van der Waals surface area (Å²) < 4.78 is 5.07. The minimum atomic E-state index is -0.391. The van der Waals surface area contributed by atoms with Crippen LogP contribution in [0, 0.1) is 6.92 Å². The lowest BCUT2D eigenvalue weighted by atomic mass is 10.1. The molecule has 1 amide bonds. The van der Waals surface area contributed by atoms with Gasteiger partial charge in [-0.25, -0.2) is 4.79 Å². The molecule has 2 N–H and O–H groups in total. The molecule has 4 heteroatoms. The van der Waals surface area contributed by atoms with E-state index in [4.69, 9.17) is 4.74 Å². The maximum atomic E-state index is 11.6. The van der Waals surface area contributed by atoms with Crippen molar-refractivity contribution in [1.82, 2.24) is 4.98 Å². The van der Waals surface area contributed by atoms with E-state index < -0.39 is 6.09 Å². The van der Waals surface area contributed by atoms with Crippen molar-refractivity contribution >= 4 is 22.7 Å². The Morgan fingerprint density at radius 3 is 3.00 bits per heavy atom. The molecule has 96 valence electrons. The van der Waals surface area contributed by atoms with Crippen LogP contribution in [0.1, 0.15) is 25.3 Å². The molecular formula is C14H18N2O2. The molecule has 1 aromatic carbocycles. The number of H-pyrrole nitrogens is 1. The number of amides is 1. The standard InChI is InChI=1S/C14H18N2O2/c1-3-4-9-18-14(17)16-12-6-5-11-7-8-15-13(11)10(12)2/h5-8,15H,3-4,9H2,1-2H3,(H,16,17). The first-order valence-electron chi connectivity index (χ1n) is 6.23. The summed E-state index contributed by atoms with van der Waals surface area (Å²) in [6.45, 7) is 4.50. The molecule has 0 fully saturated rings. The molecule has 0 radical (unpaired) electrons. The van der Waals surface area contributed by atoms with Crippen LogP contribution >= 0.6 is 0 Å². The van der Waals surface area contributed by atoms with Crippen LogP contribution in [0.3, 0.4) is 0 Å². The number of aryl methyl sites for hydroxylation is 1. The zero-order valence-corrected chi connectivity index (χ0v) is 10.7. The number of carbonyl (C=O) groups is 1. The third-order valence-electron chi connectivity index (χ3n) is 2.96. The smallest absolute Gasteiger partial charge is 0.411 e. The largest absolute Gasteiger partial charge is 0.449 e. The van der Waals surface area contributed by atoms with Crippen molar-refractivity contribution in [2.45, 2.75) is 26.7 Å². The van der Waals surface area contributed by atoms with E-state index in [9.17, 15) is 4.79 Å². The second-order valence-electron chi connectivity index (χ2n) is 4.29. The van der Waals surface area contributed by atoms with Gasteiger partial charge in [-0.3, -0.25) is 5.32 Å². The summed E-state index contributed by atoms with van der Waals surface area (Å²) in [7, 11) is 0. The van der Waals surface area contributed by atoms with Crippen molar-refractivity contribution in [1.29, 1.82) is 0 Å². The Morgan fingerprint density at radius 2 is 2.22 bits per heavy atom. The third kappa shape index (κ3) is 2.64. The van der Waals surface area contributed by atoms with Crippen LogP contribution in [-0.4, -0.2) is 17.7 Å². The molecule has 2 aromatic rings. The molecule has 4 nitrogen and oxygen atoms in total. The lowest BCUT2D eigenvalue weighted by molar-refractivity contribution is 0.160. The molecule has 0 unspecified atom stereocenters. The Labute approximate surface area is 106 Å². The van der Waals surface area contributed by atoms with Gasteiger partial charge in [0.05, 0.1) is 12.1 Å². The van der Waals surface area contributed by atoms with Crippen LogP contribution in [0.15, 0.2) is 24.4 Å². The van der Waals surface area contributed by atoms with Gasteiger partial charge in [-0.1, -0.05) is 19.4 Å². The van der Waals surface area contributed by atoms with Gasteiger partial charge in [-0.05, 0) is 36.4 Å². The van der Waals surface area contributed by atoms with E-state index in [0.717, 1.165) is 35.0 Å². The molecule has 1 heterocycles. The van der Waals surface area contributed by atoms with Gasteiger partial charge in [0.1, 0.15) is 0 Å². The fourth-order valence-electron chi connectivity index (χ4n) is 1.87. The fraction of sp³-hybridized carbons (Fsp3) is 0.357. The van der Waals surface area contributed by atoms with Crippen molar-refractivity contribution in [2.24, 2.45) is 0 Å². The Balaban J connectivity index is 2.07. The van der Waals surface area contributed by atoms with Crippen molar-refractivity contribution in [3.05, 3.63) is 30.0 Å².